The number of anilines is 1. The monoisotopic (exact) mass is 435 g/mol. The Labute approximate surface area is 191 Å². The summed E-state index contributed by atoms with van der Waals surface area (Å²) >= 11 is 0. The minimum atomic E-state index is -0.535. The van der Waals surface area contributed by atoms with E-state index in [0.717, 1.165) is 16.8 Å². The highest BCUT2D eigenvalue weighted by atomic mass is 16.5. The summed E-state index contributed by atoms with van der Waals surface area (Å²) in [5.74, 6) is -0.00307. The van der Waals surface area contributed by atoms with Gasteiger partial charge >= 0.3 is 0 Å². The molecule has 2 unspecified atom stereocenters. The smallest absolute Gasteiger partial charge is 0.294 e. The van der Waals surface area contributed by atoms with Gasteiger partial charge in [-0.25, -0.2) is 0 Å². The number of carbonyl (C=O) groups is 1. The Balaban J connectivity index is 1.74. The number of amides is 1. The van der Waals surface area contributed by atoms with Crippen LogP contribution in [0.4, 0.5) is 5.69 Å². The largest absolute Gasteiger partial charge is 0.497 e. The molecular weight excluding hydrogens is 414 g/mol. The molecule has 2 N–H and O–H groups in total. The summed E-state index contributed by atoms with van der Waals surface area (Å²) in [4.78, 5) is 15.4. The summed E-state index contributed by atoms with van der Waals surface area (Å²) < 4.78 is 11.1. The van der Waals surface area contributed by atoms with Crippen molar-refractivity contribution < 1.29 is 14.3 Å². The first-order valence-electron chi connectivity index (χ1n) is 10.5. The average molecular weight is 435 g/mol. The molecule has 2 aliphatic heterocycles. The zero-order chi connectivity index (χ0) is 22.9. The zero-order valence-corrected chi connectivity index (χ0v) is 17.9. The Morgan fingerprint density at radius 3 is 2.18 bits per heavy atom. The second-order valence-electron chi connectivity index (χ2n) is 7.81. The summed E-state index contributed by atoms with van der Waals surface area (Å²) in [6.07, 6.45) is 0. The Hall–Kier alpha value is -4.50. The molecule has 0 aromatic heterocycles. The van der Waals surface area contributed by atoms with E-state index in [2.05, 4.69) is 6.07 Å². The van der Waals surface area contributed by atoms with Crippen LogP contribution < -0.4 is 15.4 Å². The SMILES string of the molecule is COc1ccc(C2C(C#N)=C(N)OC3=C2C(c2ccccc2)N(c2ccccc2)C3=O)cc1. The number of nitriles is 1. The van der Waals surface area contributed by atoms with Gasteiger partial charge in [0.05, 0.1) is 19.1 Å². The van der Waals surface area contributed by atoms with Crippen molar-refractivity contribution in [2.45, 2.75) is 12.0 Å². The number of methoxy groups -OCH3 is 1. The van der Waals surface area contributed by atoms with Gasteiger partial charge in [-0.2, -0.15) is 5.26 Å². The van der Waals surface area contributed by atoms with Crippen LogP contribution in [-0.2, 0) is 9.53 Å². The van der Waals surface area contributed by atoms with Crippen molar-refractivity contribution in [2.24, 2.45) is 5.73 Å². The van der Waals surface area contributed by atoms with Crippen LogP contribution in [0.1, 0.15) is 23.1 Å². The number of allylic oxidation sites excluding steroid dienone is 1. The lowest BCUT2D eigenvalue weighted by atomic mass is 9.79. The van der Waals surface area contributed by atoms with Crippen LogP contribution in [0, 0.1) is 11.3 Å². The summed E-state index contributed by atoms with van der Waals surface area (Å²) in [7, 11) is 1.60. The number of nitrogens with zero attached hydrogens (tertiary/aromatic N) is 2. The van der Waals surface area contributed by atoms with Crippen molar-refractivity contribution in [2.75, 3.05) is 12.0 Å². The predicted molar refractivity (Wildman–Crippen MR) is 124 cm³/mol. The third-order valence-corrected chi connectivity index (χ3v) is 6.02. The third kappa shape index (κ3) is 3.31. The van der Waals surface area contributed by atoms with Gasteiger partial charge in [-0.05, 0) is 35.4 Å². The molecular formula is C27H21N3O3. The quantitative estimate of drug-likeness (QED) is 0.650. The van der Waals surface area contributed by atoms with Gasteiger partial charge in [-0.3, -0.25) is 9.69 Å². The molecule has 0 radical (unpaired) electrons. The normalized spacial score (nSPS) is 19.8. The Bertz CT molecular complexity index is 1310. The molecule has 6 heteroatoms. The van der Waals surface area contributed by atoms with Gasteiger partial charge in [-0.15, -0.1) is 0 Å². The first-order valence-corrected chi connectivity index (χ1v) is 10.5. The van der Waals surface area contributed by atoms with Gasteiger partial charge in [0.1, 0.15) is 17.4 Å². The molecule has 33 heavy (non-hydrogen) atoms. The average Bonchev–Trinajstić information content (AvgIpc) is 3.16. The Morgan fingerprint density at radius 1 is 0.939 bits per heavy atom. The molecule has 3 aromatic rings. The van der Waals surface area contributed by atoms with E-state index in [1.165, 1.54) is 0 Å². The van der Waals surface area contributed by atoms with Crippen LogP contribution in [-0.4, -0.2) is 13.0 Å². The maximum Gasteiger partial charge on any atom is 0.294 e. The molecule has 0 saturated carbocycles. The molecule has 0 fully saturated rings. The molecule has 2 aliphatic rings. The van der Waals surface area contributed by atoms with Gasteiger partial charge in [0.25, 0.3) is 5.91 Å². The molecule has 2 atom stereocenters. The number of carbonyl (C=O) groups excluding carboxylic acids is 1. The van der Waals surface area contributed by atoms with Crippen molar-refractivity contribution in [3.63, 3.8) is 0 Å². The lowest BCUT2D eigenvalue weighted by molar-refractivity contribution is -0.117. The number of benzene rings is 3. The number of rotatable bonds is 4. The number of para-hydroxylation sites is 1. The van der Waals surface area contributed by atoms with Crippen LogP contribution in [0.2, 0.25) is 0 Å². The number of hydrogen-bond donors (Lipinski definition) is 1. The molecule has 0 bridgehead atoms. The Morgan fingerprint density at radius 2 is 1.58 bits per heavy atom. The van der Waals surface area contributed by atoms with Gasteiger partial charge < -0.3 is 15.2 Å². The van der Waals surface area contributed by atoms with Crippen LogP contribution in [0.15, 0.2) is 108 Å². The van der Waals surface area contributed by atoms with Crippen LogP contribution in [0.5, 0.6) is 5.75 Å². The fourth-order valence-corrected chi connectivity index (χ4v) is 4.55. The molecule has 162 valence electrons. The standard InChI is InChI=1S/C27H21N3O3/c1-32-20-14-12-17(13-15-20)22-21(16-28)26(29)33-25-23(22)24(18-8-4-2-5-9-18)30(27(25)31)19-10-6-3-7-11-19/h2-15,22,24H,29H2,1H3. The minimum absolute atomic E-state index is 0.0489. The van der Waals surface area contributed by atoms with E-state index in [0.29, 0.717) is 11.3 Å². The Kier molecular flexibility index (Phi) is 5.08. The van der Waals surface area contributed by atoms with E-state index >= 15 is 0 Å². The number of ether oxygens (including phenoxy) is 2. The maximum absolute atomic E-state index is 13.7. The van der Waals surface area contributed by atoms with E-state index in [4.69, 9.17) is 15.2 Å². The molecule has 3 aromatic carbocycles. The van der Waals surface area contributed by atoms with E-state index in [9.17, 15) is 10.1 Å². The molecule has 0 spiro atoms. The molecule has 0 saturated heterocycles. The van der Waals surface area contributed by atoms with Crippen molar-refractivity contribution in [3.8, 4) is 11.8 Å². The highest BCUT2D eigenvalue weighted by molar-refractivity contribution is 6.09. The zero-order valence-electron chi connectivity index (χ0n) is 17.9. The second-order valence-corrected chi connectivity index (χ2v) is 7.81. The summed E-state index contributed by atoms with van der Waals surface area (Å²) in [5.41, 5.74) is 9.63. The van der Waals surface area contributed by atoms with Gasteiger partial charge in [0.15, 0.2) is 5.76 Å². The van der Waals surface area contributed by atoms with Crippen molar-refractivity contribution in [1.29, 1.82) is 5.26 Å². The summed E-state index contributed by atoms with van der Waals surface area (Å²) in [6, 6.07) is 28.4. The maximum atomic E-state index is 13.7. The summed E-state index contributed by atoms with van der Waals surface area (Å²) in [6.45, 7) is 0. The van der Waals surface area contributed by atoms with Crippen LogP contribution >= 0.6 is 0 Å². The van der Waals surface area contributed by atoms with E-state index in [1.54, 1.807) is 12.0 Å². The molecule has 0 aliphatic carbocycles. The fourth-order valence-electron chi connectivity index (χ4n) is 4.55. The van der Waals surface area contributed by atoms with Gasteiger partial charge in [0.2, 0.25) is 5.88 Å². The third-order valence-electron chi connectivity index (χ3n) is 6.02. The van der Waals surface area contributed by atoms with Crippen molar-refractivity contribution >= 4 is 11.6 Å². The van der Waals surface area contributed by atoms with E-state index < -0.39 is 12.0 Å². The predicted octanol–water partition coefficient (Wildman–Crippen LogP) is 4.55. The molecule has 1 amide bonds. The highest BCUT2D eigenvalue weighted by Gasteiger charge is 2.49. The first-order chi connectivity index (χ1) is 16.1. The molecule has 2 heterocycles. The van der Waals surface area contributed by atoms with Crippen molar-refractivity contribution in [3.05, 3.63) is 119 Å². The molecule has 5 rings (SSSR count). The lowest BCUT2D eigenvalue weighted by Crippen LogP contribution is -2.30. The van der Waals surface area contributed by atoms with Gasteiger partial charge in [-0.1, -0.05) is 60.7 Å². The van der Waals surface area contributed by atoms with Crippen LogP contribution in [0.25, 0.3) is 0 Å². The number of hydrogen-bond acceptors (Lipinski definition) is 5. The van der Waals surface area contributed by atoms with E-state index in [-0.39, 0.29) is 23.1 Å². The minimum Gasteiger partial charge on any atom is -0.497 e. The second kappa shape index (κ2) is 8.21. The highest BCUT2D eigenvalue weighted by Crippen LogP contribution is 2.52. The van der Waals surface area contributed by atoms with Gasteiger partial charge in [0, 0.05) is 11.3 Å². The van der Waals surface area contributed by atoms with Crippen molar-refractivity contribution in [1.82, 2.24) is 0 Å². The topological polar surface area (TPSA) is 88.6 Å². The molecule has 6 nitrogen and oxygen atoms in total. The number of nitrogens with two attached hydrogens (primary N) is 1. The van der Waals surface area contributed by atoms with Crippen LogP contribution in [0.3, 0.4) is 0 Å². The van der Waals surface area contributed by atoms with E-state index in [1.807, 2.05) is 84.9 Å². The lowest BCUT2D eigenvalue weighted by Gasteiger charge is -2.31. The summed E-state index contributed by atoms with van der Waals surface area (Å²) in [5, 5.41) is 10.0. The fraction of sp³-hybridized carbons (Fsp3) is 0.111. The first kappa shape index (κ1) is 20.4.